The van der Waals surface area contributed by atoms with Crippen molar-refractivity contribution in [1.29, 1.82) is 0 Å². The first-order valence-corrected chi connectivity index (χ1v) is 7.98. The van der Waals surface area contributed by atoms with Gasteiger partial charge in [-0.3, -0.25) is 0 Å². The largest absolute Gasteiger partial charge is 0.478 e. The fraction of sp³-hybridized carbons (Fsp3) is 0.615. The highest BCUT2D eigenvalue weighted by Gasteiger charge is 2.30. The van der Waals surface area contributed by atoms with Crippen molar-refractivity contribution < 1.29 is 22.7 Å². The van der Waals surface area contributed by atoms with E-state index in [1.807, 2.05) is 0 Å². The third kappa shape index (κ3) is 3.83. The Bertz CT molecular complexity index is 586. The fourth-order valence-electron chi connectivity index (χ4n) is 2.02. The second-order valence-corrected chi connectivity index (χ2v) is 6.86. The summed E-state index contributed by atoms with van der Waals surface area (Å²) in [7, 11) is -3.87. The van der Waals surface area contributed by atoms with Gasteiger partial charge >= 0.3 is 5.97 Å². The molecule has 0 aliphatic carbocycles. The van der Waals surface area contributed by atoms with Crippen LogP contribution in [0.25, 0.3) is 0 Å². The number of hydrogen-bond acceptors (Lipinski definition) is 4. The van der Waals surface area contributed by atoms with Gasteiger partial charge in [0.2, 0.25) is 10.0 Å². The van der Waals surface area contributed by atoms with Crippen LogP contribution in [-0.2, 0) is 10.0 Å². The Morgan fingerprint density at radius 3 is 2.40 bits per heavy atom. The molecule has 0 spiro atoms. The van der Waals surface area contributed by atoms with Crippen LogP contribution in [0.1, 0.15) is 48.6 Å². The van der Waals surface area contributed by atoms with Gasteiger partial charge in [0.15, 0.2) is 0 Å². The molecule has 0 aliphatic rings. The molecule has 0 bridgehead atoms. The molecule has 114 valence electrons. The maximum atomic E-state index is 12.2. The summed E-state index contributed by atoms with van der Waals surface area (Å²) < 4.78 is 32.0. The third-order valence-electron chi connectivity index (χ3n) is 2.94. The van der Waals surface area contributed by atoms with Gasteiger partial charge in [-0.25, -0.2) is 17.9 Å². The lowest BCUT2D eigenvalue weighted by Crippen LogP contribution is -2.26. The summed E-state index contributed by atoms with van der Waals surface area (Å²) in [6.07, 6.45) is 1.60. The lowest BCUT2D eigenvalue weighted by molar-refractivity contribution is 0.0691. The molecule has 1 rings (SSSR count). The van der Waals surface area contributed by atoms with Crippen molar-refractivity contribution in [3.8, 4) is 0 Å². The molecule has 2 N–H and O–H groups in total. The number of hydrogen-bond donors (Lipinski definition) is 2. The standard InChI is InChI=1S/C13H21NO5S/c1-8(2)6-5-7-14-20(17,18)12-10(4)19-9(3)11(12)13(15)16/h8,14H,5-7H2,1-4H3,(H,15,16). The molecule has 0 saturated carbocycles. The molecule has 0 radical (unpaired) electrons. The number of aromatic carboxylic acids is 1. The molecule has 1 aromatic rings. The predicted molar refractivity (Wildman–Crippen MR) is 74.4 cm³/mol. The van der Waals surface area contributed by atoms with Crippen LogP contribution in [0, 0.1) is 19.8 Å². The second-order valence-electron chi connectivity index (χ2n) is 5.16. The second kappa shape index (κ2) is 6.41. The first-order valence-electron chi connectivity index (χ1n) is 6.49. The zero-order valence-corrected chi connectivity index (χ0v) is 13.0. The van der Waals surface area contributed by atoms with Crippen molar-refractivity contribution in [2.24, 2.45) is 5.92 Å². The van der Waals surface area contributed by atoms with Gasteiger partial charge in [0, 0.05) is 6.54 Å². The summed E-state index contributed by atoms with van der Waals surface area (Å²) in [6, 6.07) is 0. The molecule has 20 heavy (non-hydrogen) atoms. The minimum absolute atomic E-state index is 0.0938. The average molecular weight is 303 g/mol. The van der Waals surface area contributed by atoms with E-state index in [0.29, 0.717) is 12.3 Å². The number of furan rings is 1. The van der Waals surface area contributed by atoms with E-state index in [4.69, 9.17) is 9.52 Å². The Kier molecular flexibility index (Phi) is 5.35. The lowest BCUT2D eigenvalue weighted by atomic mass is 10.1. The minimum Gasteiger partial charge on any atom is -0.478 e. The molecule has 1 aromatic heterocycles. The summed E-state index contributed by atoms with van der Waals surface area (Å²) in [5, 5.41) is 9.12. The van der Waals surface area contributed by atoms with Crippen LogP contribution in [0.15, 0.2) is 9.31 Å². The molecular formula is C13H21NO5S. The summed E-state index contributed by atoms with van der Waals surface area (Å²) in [5.74, 6) is -0.622. The van der Waals surface area contributed by atoms with Gasteiger partial charge in [0.25, 0.3) is 0 Å². The fourth-order valence-corrected chi connectivity index (χ4v) is 3.50. The van der Waals surface area contributed by atoms with Crippen LogP contribution in [0.5, 0.6) is 0 Å². The number of sulfonamides is 1. The van der Waals surface area contributed by atoms with E-state index < -0.39 is 16.0 Å². The number of rotatable bonds is 7. The van der Waals surface area contributed by atoms with E-state index in [1.165, 1.54) is 13.8 Å². The number of carbonyl (C=O) groups is 1. The Balaban J connectivity index is 2.96. The molecule has 0 saturated heterocycles. The van der Waals surface area contributed by atoms with Crippen molar-refractivity contribution in [3.05, 3.63) is 17.1 Å². The topological polar surface area (TPSA) is 96.6 Å². The minimum atomic E-state index is -3.87. The number of nitrogens with one attached hydrogen (secondary N) is 1. The molecule has 1 heterocycles. The van der Waals surface area contributed by atoms with Gasteiger partial charge in [0.05, 0.1) is 0 Å². The normalized spacial score (nSPS) is 12.1. The first kappa shape index (κ1) is 16.7. The van der Waals surface area contributed by atoms with Gasteiger partial charge in [-0.1, -0.05) is 13.8 Å². The summed E-state index contributed by atoms with van der Waals surface area (Å²) in [4.78, 5) is 10.9. The Hall–Kier alpha value is -1.34. The summed E-state index contributed by atoms with van der Waals surface area (Å²) in [6.45, 7) is 7.28. The van der Waals surface area contributed by atoms with Gasteiger partial charge < -0.3 is 9.52 Å². The van der Waals surface area contributed by atoms with E-state index >= 15 is 0 Å². The van der Waals surface area contributed by atoms with E-state index in [9.17, 15) is 13.2 Å². The smallest absolute Gasteiger partial charge is 0.340 e. The predicted octanol–water partition coefficient (Wildman–Crippen LogP) is 2.31. The van der Waals surface area contributed by atoms with Crippen molar-refractivity contribution >= 4 is 16.0 Å². The van der Waals surface area contributed by atoms with Crippen LogP contribution in [0.2, 0.25) is 0 Å². The SMILES string of the molecule is Cc1oc(C)c(S(=O)(=O)NCCCC(C)C)c1C(=O)O. The molecule has 7 heteroatoms. The van der Waals surface area contributed by atoms with Gasteiger partial charge in [-0.2, -0.15) is 0 Å². The quantitative estimate of drug-likeness (QED) is 0.753. The molecule has 0 fully saturated rings. The highest BCUT2D eigenvalue weighted by atomic mass is 32.2. The van der Waals surface area contributed by atoms with Crippen molar-refractivity contribution in [2.75, 3.05) is 6.54 Å². The van der Waals surface area contributed by atoms with Crippen LogP contribution < -0.4 is 4.72 Å². The zero-order valence-electron chi connectivity index (χ0n) is 12.2. The van der Waals surface area contributed by atoms with E-state index in [0.717, 1.165) is 6.42 Å². The van der Waals surface area contributed by atoms with E-state index in [2.05, 4.69) is 18.6 Å². The average Bonchev–Trinajstić information content (AvgIpc) is 2.60. The summed E-state index contributed by atoms with van der Waals surface area (Å²) in [5.41, 5.74) is -0.293. The molecule has 0 amide bonds. The first-order chi connectivity index (χ1) is 9.16. The van der Waals surface area contributed by atoms with Crippen molar-refractivity contribution in [3.63, 3.8) is 0 Å². The maximum absolute atomic E-state index is 12.2. The van der Waals surface area contributed by atoms with Crippen LogP contribution in [-0.4, -0.2) is 26.0 Å². The van der Waals surface area contributed by atoms with Gasteiger partial charge in [0.1, 0.15) is 22.0 Å². The maximum Gasteiger partial charge on any atom is 0.340 e. The monoisotopic (exact) mass is 303 g/mol. The molecule has 0 unspecified atom stereocenters. The highest BCUT2D eigenvalue weighted by molar-refractivity contribution is 7.89. The van der Waals surface area contributed by atoms with Gasteiger partial charge in [-0.15, -0.1) is 0 Å². The zero-order chi connectivity index (χ0) is 15.5. The van der Waals surface area contributed by atoms with Crippen LogP contribution in [0.4, 0.5) is 0 Å². The third-order valence-corrected chi connectivity index (χ3v) is 4.55. The molecule has 0 aromatic carbocycles. The Labute approximate surface area is 119 Å². The number of carboxylic acid groups (broad SMARTS) is 1. The highest BCUT2D eigenvalue weighted by Crippen LogP contribution is 2.26. The molecule has 0 aliphatic heterocycles. The lowest BCUT2D eigenvalue weighted by Gasteiger charge is -2.08. The Morgan fingerprint density at radius 2 is 1.90 bits per heavy atom. The molecule has 0 atom stereocenters. The van der Waals surface area contributed by atoms with Crippen LogP contribution >= 0.6 is 0 Å². The Morgan fingerprint density at radius 1 is 1.30 bits per heavy atom. The van der Waals surface area contributed by atoms with E-state index in [-0.39, 0.29) is 28.5 Å². The van der Waals surface area contributed by atoms with Crippen molar-refractivity contribution in [2.45, 2.75) is 45.4 Å². The van der Waals surface area contributed by atoms with Crippen molar-refractivity contribution in [1.82, 2.24) is 4.72 Å². The number of carboxylic acids is 1. The van der Waals surface area contributed by atoms with E-state index in [1.54, 1.807) is 0 Å². The number of aryl methyl sites for hydroxylation is 2. The molecular weight excluding hydrogens is 282 g/mol. The summed E-state index contributed by atoms with van der Waals surface area (Å²) >= 11 is 0. The van der Waals surface area contributed by atoms with Gasteiger partial charge in [-0.05, 0) is 32.6 Å². The van der Waals surface area contributed by atoms with Crippen LogP contribution in [0.3, 0.4) is 0 Å². The molecule has 6 nitrogen and oxygen atoms in total.